The summed E-state index contributed by atoms with van der Waals surface area (Å²) in [4.78, 5) is 21.2. The molecule has 0 amide bonds. The van der Waals surface area contributed by atoms with Crippen molar-refractivity contribution in [2.45, 2.75) is 39.0 Å². The topological polar surface area (TPSA) is 87.7 Å². The van der Waals surface area contributed by atoms with Gasteiger partial charge in [0, 0.05) is 6.42 Å². The number of hydrogen-bond acceptors (Lipinski definition) is 4. The van der Waals surface area contributed by atoms with Crippen LogP contribution in [0.15, 0.2) is 64.5 Å². The molecule has 0 unspecified atom stereocenters. The zero-order valence-corrected chi connectivity index (χ0v) is 15.4. The molecule has 5 nitrogen and oxygen atoms in total. The highest BCUT2D eigenvalue weighted by molar-refractivity contribution is 6.15. The van der Waals surface area contributed by atoms with E-state index in [-0.39, 0.29) is 18.0 Å². The Balaban J connectivity index is 0.000000817. The molecule has 142 valence electrons. The van der Waals surface area contributed by atoms with Crippen LogP contribution in [0.5, 0.6) is 0 Å². The second-order valence-corrected chi connectivity index (χ2v) is 6.17. The molecule has 1 aromatic heterocycles. The lowest BCUT2D eigenvalue weighted by atomic mass is 9.82. The molecule has 0 atom stereocenters. The summed E-state index contributed by atoms with van der Waals surface area (Å²) in [6, 6.07) is 11.6. The highest BCUT2D eigenvalue weighted by Gasteiger charge is 2.26. The maximum atomic E-state index is 12.9. The number of aliphatic hydroxyl groups is 1. The molecule has 0 fully saturated rings. The Hall–Kier alpha value is -3.08. The molecule has 27 heavy (non-hydrogen) atoms. The number of ketones is 1. The van der Waals surface area contributed by atoms with E-state index in [9.17, 15) is 9.90 Å². The Kier molecular flexibility index (Phi) is 7.62. The average Bonchev–Trinajstić information content (AvgIpc) is 3.21. The van der Waals surface area contributed by atoms with Crippen molar-refractivity contribution in [2.75, 3.05) is 0 Å². The van der Waals surface area contributed by atoms with Crippen LogP contribution in [0.2, 0.25) is 0 Å². The minimum Gasteiger partial charge on any atom is -0.506 e. The molecule has 0 bridgehead atoms. The molecule has 5 heteroatoms. The molecule has 0 aliphatic heterocycles. The van der Waals surface area contributed by atoms with Crippen LogP contribution in [0.4, 0.5) is 0 Å². The summed E-state index contributed by atoms with van der Waals surface area (Å²) in [5, 5.41) is 17.7. The molecule has 0 saturated carbocycles. The van der Waals surface area contributed by atoms with E-state index in [4.69, 9.17) is 14.3 Å². The van der Waals surface area contributed by atoms with Crippen LogP contribution in [0, 0.1) is 0 Å². The van der Waals surface area contributed by atoms with Crippen molar-refractivity contribution in [3.8, 4) is 0 Å². The van der Waals surface area contributed by atoms with E-state index in [0.29, 0.717) is 17.6 Å². The van der Waals surface area contributed by atoms with Crippen LogP contribution in [-0.2, 0) is 9.59 Å². The van der Waals surface area contributed by atoms with Gasteiger partial charge in [0.25, 0.3) is 6.47 Å². The van der Waals surface area contributed by atoms with Gasteiger partial charge in [-0.05, 0) is 42.9 Å². The minimum absolute atomic E-state index is 0.00166. The molecule has 1 aliphatic carbocycles. The zero-order valence-electron chi connectivity index (χ0n) is 15.4. The molecular weight excluding hydrogens is 344 g/mol. The Morgan fingerprint density at radius 1 is 1.15 bits per heavy atom. The van der Waals surface area contributed by atoms with Crippen LogP contribution in [0.25, 0.3) is 11.3 Å². The number of rotatable bonds is 3. The molecule has 3 rings (SSSR count). The summed E-state index contributed by atoms with van der Waals surface area (Å²) in [6.45, 7) is 1.86. The van der Waals surface area contributed by atoms with Crippen LogP contribution in [0.1, 0.15) is 50.2 Å². The SMILES string of the molecule is CC/C1=C(/c2ccccc2)C(=C(O)c2ccoc2)C(=O)CCCC1.O=CO. The Labute approximate surface area is 158 Å². The van der Waals surface area contributed by atoms with Gasteiger partial charge in [-0.2, -0.15) is 0 Å². The lowest BCUT2D eigenvalue weighted by Crippen LogP contribution is -2.12. The molecule has 2 aromatic rings. The number of benzene rings is 1. The summed E-state index contributed by atoms with van der Waals surface area (Å²) in [6.07, 6.45) is 7.12. The lowest BCUT2D eigenvalue weighted by molar-refractivity contribution is -0.123. The Bertz CT molecular complexity index is 814. The maximum Gasteiger partial charge on any atom is 0.290 e. The van der Waals surface area contributed by atoms with Crippen LogP contribution in [0.3, 0.4) is 0 Å². The van der Waals surface area contributed by atoms with Crippen molar-refractivity contribution in [1.29, 1.82) is 0 Å². The van der Waals surface area contributed by atoms with Gasteiger partial charge < -0.3 is 14.6 Å². The average molecular weight is 368 g/mol. The number of carbonyl (C=O) groups is 2. The molecule has 1 aromatic carbocycles. The smallest absolute Gasteiger partial charge is 0.290 e. The quantitative estimate of drug-likeness (QED) is 0.438. The minimum atomic E-state index is -0.250. The number of hydrogen-bond donors (Lipinski definition) is 2. The second-order valence-electron chi connectivity index (χ2n) is 6.17. The highest BCUT2D eigenvalue weighted by atomic mass is 16.3. The van der Waals surface area contributed by atoms with Gasteiger partial charge in [-0.25, -0.2) is 0 Å². The number of aliphatic hydroxyl groups excluding tert-OH is 1. The van der Waals surface area contributed by atoms with E-state index in [2.05, 4.69) is 6.92 Å². The molecule has 2 N–H and O–H groups in total. The summed E-state index contributed by atoms with van der Waals surface area (Å²) in [7, 11) is 0. The predicted octanol–water partition coefficient (Wildman–Crippen LogP) is 5.26. The van der Waals surface area contributed by atoms with E-state index in [1.54, 1.807) is 6.07 Å². The van der Waals surface area contributed by atoms with Crippen LogP contribution in [-0.4, -0.2) is 22.5 Å². The van der Waals surface area contributed by atoms with Gasteiger partial charge >= 0.3 is 0 Å². The van der Waals surface area contributed by atoms with Gasteiger partial charge in [-0.3, -0.25) is 9.59 Å². The van der Waals surface area contributed by atoms with Crippen molar-refractivity contribution in [3.63, 3.8) is 0 Å². The Morgan fingerprint density at radius 2 is 1.81 bits per heavy atom. The normalized spacial score (nSPS) is 19.4. The fourth-order valence-electron chi connectivity index (χ4n) is 3.29. The van der Waals surface area contributed by atoms with Gasteiger partial charge in [0.15, 0.2) is 5.78 Å². The van der Waals surface area contributed by atoms with Crippen molar-refractivity contribution >= 4 is 23.6 Å². The summed E-state index contributed by atoms with van der Waals surface area (Å²) in [5.74, 6) is 0.0126. The van der Waals surface area contributed by atoms with Crippen molar-refractivity contribution in [1.82, 2.24) is 0 Å². The third-order valence-electron chi connectivity index (χ3n) is 4.54. The highest BCUT2D eigenvalue weighted by Crippen LogP contribution is 2.37. The van der Waals surface area contributed by atoms with Crippen LogP contribution < -0.4 is 0 Å². The first-order valence-electron chi connectivity index (χ1n) is 8.98. The number of Topliss-reactive ketones (excluding diaryl/α,β-unsaturated/α-hetero) is 1. The fraction of sp³-hybridized carbons (Fsp3) is 0.273. The first-order chi connectivity index (χ1) is 13.1. The van der Waals surface area contributed by atoms with Gasteiger partial charge in [0.1, 0.15) is 12.0 Å². The van der Waals surface area contributed by atoms with Crippen molar-refractivity contribution in [2.24, 2.45) is 0 Å². The van der Waals surface area contributed by atoms with E-state index < -0.39 is 0 Å². The largest absolute Gasteiger partial charge is 0.506 e. The second kappa shape index (κ2) is 10.2. The predicted molar refractivity (Wildman–Crippen MR) is 104 cm³/mol. The summed E-state index contributed by atoms with van der Waals surface area (Å²) < 4.78 is 5.09. The number of carboxylic acid groups (broad SMARTS) is 1. The molecule has 1 aliphatic rings. The van der Waals surface area contributed by atoms with Gasteiger partial charge in [0.2, 0.25) is 0 Å². The van der Waals surface area contributed by atoms with Gasteiger partial charge in [0.05, 0.1) is 17.4 Å². The van der Waals surface area contributed by atoms with Crippen molar-refractivity contribution < 1.29 is 24.2 Å². The first kappa shape index (κ1) is 20.2. The molecule has 0 radical (unpaired) electrons. The standard InChI is InChI=1S/C21H22O3.CH2O2/c1-2-15-8-6-7-11-18(22)20(21(23)17-12-13-24-14-17)19(15)16-9-4-3-5-10-16;2-1-3/h3-5,9-10,12-14,23H,2,6-8,11H2,1H3;1H,(H,2,3)/b19-15+,21-20?;. The van der Waals surface area contributed by atoms with Crippen molar-refractivity contribution in [3.05, 3.63) is 71.2 Å². The summed E-state index contributed by atoms with van der Waals surface area (Å²) in [5.41, 5.74) is 4.07. The van der Waals surface area contributed by atoms with Gasteiger partial charge in [-0.15, -0.1) is 0 Å². The van der Waals surface area contributed by atoms with Crippen LogP contribution >= 0.6 is 0 Å². The molecule has 1 heterocycles. The summed E-state index contributed by atoms with van der Waals surface area (Å²) >= 11 is 0. The maximum absolute atomic E-state index is 12.9. The lowest BCUT2D eigenvalue weighted by Gasteiger charge is -2.21. The van der Waals surface area contributed by atoms with Gasteiger partial charge in [-0.1, -0.05) is 42.8 Å². The van der Waals surface area contributed by atoms with E-state index in [1.807, 2.05) is 30.3 Å². The molecular formula is C22H24O5. The number of furan rings is 1. The van der Waals surface area contributed by atoms with E-state index >= 15 is 0 Å². The molecule has 0 saturated heterocycles. The van der Waals surface area contributed by atoms with E-state index in [0.717, 1.165) is 36.8 Å². The fourth-order valence-corrected chi connectivity index (χ4v) is 3.29. The number of allylic oxidation sites excluding steroid dienone is 3. The van der Waals surface area contributed by atoms with E-state index in [1.165, 1.54) is 18.1 Å². The zero-order chi connectivity index (χ0) is 19.6. The monoisotopic (exact) mass is 368 g/mol. The Morgan fingerprint density at radius 3 is 2.41 bits per heavy atom. The number of carbonyl (C=O) groups excluding carboxylic acids is 1. The molecule has 0 spiro atoms. The third-order valence-corrected chi connectivity index (χ3v) is 4.54. The third kappa shape index (κ3) is 4.97. The first-order valence-corrected chi connectivity index (χ1v) is 8.98.